The molecule has 9 N–H and O–H groups in total. The number of aliphatic hydroxyl groups is 8. The highest BCUT2D eigenvalue weighted by atomic mass is 16.7. The third-order valence-electron chi connectivity index (χ3n) is 17.2. The van der Waals surface area contributed by atoms with Crippen molar-refractivity contribution in [3.63, 3.8) is 0 Å². The summed E-state index contributed by atoms with van der Waals surface area (Å²) in [6, 6.07) is -0.983. The summed E-state index contributed by atoms with van der Waals surface area (Å²) in [4.78, 5) is 13.3. The third kappa shape index (κ3) is 46.7. The molecule has 0 spiro atoms. The SMILES string of the molecule is CC/C=C\C/C=C\C/C=C\C/C=C\C/C=C\C/C=C\C/C=C\C/C=C\C/C=C\CCCC(=O)NC(COC1OC(CO)C(OC2OC(CO)C(O)C(O)C2O)C(O)C1O)C(O)/C=C/CC/C=C/CC/C=C/CCCCCCCCCCCCCCCCCCCCCCCC. The topological polar surface area (TPSA) is 228 Å². The fourth-order valence-electron chi connectivity index (χ4n) is 11.3. The number of hydrogen-bond donors (Lipinski definition) is 9. The normalized spacial score (nSPS) is 23.2. The van der Waals surface area contributed by atoms with E-state index < -0.39 is 86.8 Å². The van der Waals surface area contributed by atoms with Gasteiger partial charge in [0, 0.05) is 6.42 Å². The van der Waals surface area contributed by atoms with Gasteiger partial charge in [-0.25, -0.2) is 0 Å². The summed E-state index contributed by atoms with van der Waals surface area (Å²) in [5.41, 5.74) is 0. The molecule has 2 fully saturated rings. The van der Waals surface area contributed by atoms with Gasteiger partial charge in [-0.05, 0) is 109 Å². The Kier molecular flexibility index (Phi) is 58.0. The average Bonchev–Trinajstić information content (AvgIpc) is 0.801. The first-order valence-electron chi connectivity index (χ1n) is 37.6. The summed E-state index contributed by atoms with van der Waals surface area (Å²) in [5, 5.41) is 87.5. The van der Waals surface area contributed by atoms with Crippen LogP contribution in [0.15, 0.2) is 146 Å². The van der Waals surface area contributed by atoms with Gasteiger partial charge in [-0.2, -0.15) is 0 Å². The van der Waals surface area contributed by atoms with Gasteiger partial charge in [-0.3, -0.25) is 4.79 Å². The summed E-state index contributed by atoms with van der Waals surface area (Å²) >= 11 is 0. The lowest BCUT2D eigenvalue weighted by molar-refractivity contribution is -0.359. The number of carbonyl (C=O) groups is 1. The molecule has 2 saturated heterocycles. The number of rotatable bonds is 60. The molecule has 14 nitrogen and oxygen atoms in total. The zero-order valence-corrected chi connectivity index (χ0v) is 59.1. The number of hydrogen-bond acceptors (Lipinski definition) is 13. The van der Waals surface area contributed by atoms with E-state index in [2.05, 4.69) is 147 Å². The van der Waals surface area contributed by atoms with Crippen LogP contribution in [0, 0.1) is 0 Å². The van der Waals surface area contributed by atoms with Gasteiger partial charge in [-0.1, -0.05) is 295 Å². The van der Waals surface area contributed by atoms with Crippen LogP contribution in [0.5, 0.6) is 0 Å². The van der Waals surface area contributed by atoms with Crippen LogP contribution < -0.4 is 5.32 Å². The van der Waals surface area contributed by atoms with Crippen LogP contribution in [0.3, 0.4) is 0 Å². The van der Waals surface area contributed by atoms with Crippen molar-refractivity contribution in [1.29, 1.82) is 0 Å². The quantitative estimate of drug-likeness (QED) is 0.0204. The number of aliphatic hydroxyl groups excluding tert-OH is 8. The maximum absolute atomic E-state index is 13.3. The lowest BCUT2D eigenvalue weighted by Gasteiger charge is -2.46. The van der Waals surface area contributed by atoms with Crippen molar-refractivity contribution in [3.8, 4) is 0 Å². The molecule has 0 saturated carbocycles. The number of ether oxygens (including phenoxy) is 4. The lowest BCUT2D eigenvalue weighted by atomic mass is 9.97. The van der Waals surface area contributed by atoms with E-state index >= 15 is 0 Å². The molecule has 0 aromatic carbocycles. The van der Waals surface area contributed by atoms with Crippen molar-refractivity contribution >= 4 is 5.91 Å². The van der Waals surface area contributed by atoms with Crippen LogP contribution in [0.4, 0.5) is 0 Å². The highest BCUT2D eigenvalue weighted by Gasteiger charge is 2.51. The Morgan fingerprint density at radius 3 is 1.16 bits per heavy atom. The predicted octanol–water partition coefficient (Wildman–Crippen LogP) is 16.4. The Bertz CT molecular complexity index is 2160. The molecule has 2 heterocycles. The second-order valence-corrected chi connectivity index (χ2v) is 25.7. The molecule has 0 bridgehead atoms. The first-order valence-corrected chi connectivity index (χ1v) is 37.6. The number of carbonyl (C=O) groups excluding carboxylic acids is 1. The van der Waals surface area contributed by atoms with Crippen LogP contribution in [0.2, 0.25) is 0 Å². The zero-order chi connectivity index (χ0) is 68.7. The number of allylic oxidation sites excluding steroid dienone is 23. The standard InChI is InChI=1S/C81H135NO13/c1-3-5-7-9-11-13-15-17-19-21-23-25-27-29-31-33-34-35-37-38-40-42-44-46-48-50-52-54-56-58-60-62-64-70(85)69(68-92-80-78(91)76(89)79(72(67-84)94-80)95-81-77(90)75(88)74(87)71(66-83)93-81)82-73(86)65-63-61-59-57-55-53-51-49-47-45-43-41-39-36-32-30-28-26-24-22-20-18-16-14-12-10-8-6-4-2/h6,8,12,14,18,20,24,26,30,32,39,41,45-48,51,53-54,56-57,59,62,64,69-72,74-81,83-85,87-91H,3-5,7,9-11,13,15-17,19,21-23,25,27-29,31,33-38,40,42-44,49-50,52,55,58,60-61,63,65-68H2,1-2H3,(H,82,86)/b8-6-,14-12-,20-18-,26-24-,32-30-,41-39-,47-45-,48-46+,53-51-,56-54+,59-57-,64-62+. The fourth-order valence-corrected chi connectivity index (χ4v) is 11.3. The van der Waals surface area contributed by atoms with Crippen molar-refractivity contribution in [1.82, 2.24) is 5.32 Å². The third-order valence-corrected chi connectivity index (χ3v) is 17.2. The Labute approximate surface area is 576 Å². The molecule has 12 atom stereocenters. The Morgan fingerprint density at radius 2 is 0.737 bits per heavy atom. The summed E-state index contributed by atoms with van der Waals surface area (Å²) in [6.07, 6.45) is 79.2. The van der Waals surface area contributed by atoms with Gasteiger partial charge in [0.05, 0.1) is 32.0 Å². The molecule has 2 aliphatic rings. The van der Waals surface area contributed by atoms with Crippen molar-refractivity contribution in [2.75, 3.05) is 19.8 Å². The fraction of sp³-hybridized carbons (Fsp3) is 0.691. The van der Waals surface area contributed by atoms with Crippen LogP contribution in [0.25, 0.3) is 0 Å². The van der Waals surface area contributed by atoms with E-state index in [0.717, 1.165) is 83.5 Å². The molecule has 542 valence electrons. The molecular weight excluding hydrogens is 1190 g/mol. The zero-order valence-electron chi connectivity index (χ0n) is 59.1. The van der Waals surface area contributed by atoms with E-state index in [1.807, 2.05) is 12.2 Å². The van der Waals surface area contributed by atoms with Crippen molar-refractivity contribution in [2.45, 2.75) is 338 Å². The molecular formula is C81H135NO13. The van der Waals surface area contributed by atoms with Gasteiger partial charge in [-0.15, -0.1) is 0 Å². The van der Waals surface area contributed by atoms with Gasteiger partial charge < -0.3 is 65.1 Å². The molecule has 1 amide bonds. The Balaban J connectivity index is 1.72. The summed E-state index contributed by atoms with van der Waals surface area (Å²) in [5.74, 6) is -0.315. The van der Waals surface area contributed by atoms with Gasteiger partial charge in [0.2, 0.25) is 5.91 Å². The van der Waals surface area contributed by atoms with E-state index in [1.54, 1.807) is 6.08 Å². The minimum absolute atomic E-state index is 0.180. The molecule has 2 rings (SSSR count). The second-order valence-electron chi connectivity index (χ2n) is 25.7. The highest BCUT2D eigenvalue weighted by Crippen LogP contribution is 2.30. The molecule has 0 aromatic heterocycles. The Morgan fingerprint density at radius 1 is 0.389 bits per heavy atom. The van der Waals surface area contributed by atoms with Crippen molar-refractivity contribution in [3.05, 3.63) is 146 Å². The monoisotopic (exact) mass is 1330 g/mol. The lowest BCUT2D eigenvalue weighted by Crippen LogP contribution is -2.65. The summed E-state index contributed by atoms with van der Waals surface area (Å²) in [6.45, 7) is 2.63. The van der Waals surface area contributed by atoms with E-state index in [4.69, 9.17) is 18.9 Å². The maximum atomic E-state index is 13.3. The van der Waals surface area contributed by atoms with Crippen LogP contribution in [-0.4, -0.2) is 140 Å². The molecule has 95 heavy (non-hydrogen) atoms. The van der Waals surface area contributed by atoms with E-state index in [-0.39, 0.29) is 18.9 Å². The van der Waals surface area contributed by atoms with Crippen LogP contribution >= 0.6 is 0 Å². The van der Waals surface area contributed by atoms with Crippen LogP contribution in [-0.2, 0) is 23.7 Å². The van der Waals surface area contributed by atoms with E-state index in [1.165, 1.54) is 141 Å². The first kappa shape index (κ1) is 87.0. The predicted molar refractivity (Wildman–Crippen MR) is 391 cm³/mol. The molecule has 12 unspecified atom stereocenters. The summed E-state index contributed by atoms with van der Waals surface area (Å²) in [7, 11) is 0. The van der Waals surface area contributed by atoms with Crippen molar-refractivity contribution < 1.29 is 64.6 Å². The van der Waals surface area contributed by atoms with Gasteiger partial charge in [0.15, 0.2) is 12.6 Å². The first-order chi connectivity index (χ1) is 46.6. The molecule has 14 heteroatoms. The maximum Gasteiger partial charge on any atom is 0.220 e. The number of unbranched alkanes of at least 4 members (excludes halogenated alkanes) is 25. The number of nitrogens with one attached hydrogen (secondary N) is 1. The van der Waals surface area contributed by atoms with E-state index in [0.29, 0.717) is 19.3 Å². The molecule has 0 radical (unpaired) electrons. The minimum atomic E-state index is -1.81. The number of amides is 1. The largest absolute Gasteiger partial charge is 0.394 e. The average molecular weight is 1330 g/mol. The molecule has 2 aliphatic heterocycles. The van der Waals surface area contributed by atoms with E-state index in [9.17, 15) is 45.6 Å². The van der Waals surface area contributed by atoms with Gasteiger partial charge in [0.1, 0.15) is 48.8 Å². The van der Waals surface area contributed by atoms with Gasteiger partial charge >= 0.3 is 0 Å². The minimum Gasteiger partial charge on any atom is -0.394 e. The smallest absolute Gasteiger partial charge is 0.220 e. The highest BCUT2D eigenvalue weighted by molar-refractivity contribution is 5.76. The second kappa shape index (κ2) is 63.3. The van der Waals surface area contributed by atoms with Crippen LogP contribution in [0.1, 0.15) is 264 Å². The van der Waals surface area contributed by atoms with Gasteiger partial charge in [0.25, 0.3) is 0 Å². The summed E-state index contributed by atoms with van der Waals surface area (Å²) < 4.78 is 22.8. The molecule has 0 aliphatic carbocycles. The van der Waals surface area contributed by atoms with Crippen molar-refractivity contribution in [2.24, 2.45) is 0 Å². The molecule has 0 aromatic rings. The Hall–Kier alpha value is -4.13.